The number of benzene rings is 7. The number of hydrogen-bond donors (Lipinski definition) is 0. The van der Waals surface area contributed by atoms with E-state index in [1.165, 1.54) is 0 Å². The van der Waals surface area contributed by atoms with Crippen LogP contribution in [-0.2, 0) is 5.41 Å². The number of hydrogen-bond acceptors (Lipinski definition) is 3. The molecule has 7 aromatic carbocycles. The summed E-state index contributed by atoms with van der Waals surface area (Å²) < 4.78 is 2.29. The van der Waals surface area contributed by atoms with Gasteiger partial charge in [0.25, 0.3) is 0 Å². The summed E-state index contributed by atoms with van der Waals surface area (Å²) in [7, 11) is 0. The van der Waals surface area contributed by atoms with E-state index < -0.39 is 5.41 Å². The van der Waals surface area contributed by atoms with Crippen molar-refractivity contribution in [3.63, 3.8) is 0 Å². The summed E-state index contributed by atoms with van der Waals surface area (Å²) >= 11 is 0. The average molecular weight is 625 g/mol. The molecule has 0 atom stereocenters. The Labute approximate surface area is 284 Å². The van der Waals surface area contributed by atoms with Gasteiger partial charge in [0.1, 0.15) is 0 Å². The molecule has 0 saturated carbocycles. The standard InChI is InChI=1S/C45H28N4/c46-29-31-21-24-34(25-22-31)45(33-11-2-1-3-12-33)39-16-5-8-19-43(39)49(44-20-9-6-17-40(44)45)36-14-10-13-35(28-36)48-41-18-7-4-15-37(41)38-27-32(30-47)23-26-42(38)48/h1-28H. The van der Waals surface area contributed by atoms with E-state index in [4.69, 9.17) is 0 Å². The van der Waals surface area contributed by atoms with Gasteiger partial charge in [-0.25, -0.2) is 0 Å². The highest BCUT2D eigenvalue weighted by molar-refractivity contribution is 6.09. The molecule has 0 aliphatic carbocycles. The van der Waals surface area contributed by atoms with Crippen molar-refractivity contribution in [2.24, 2.45) is 0 Å². The quantitative estimate of drug-likeness (QED) is 0.196. The van der Waals surface area contributed by atoms with Crippen molar-refractivity contribution in [2.75, 3.05) is 4.90 Å². The Hall–Kier alpha value is -6.88. The predicted molar refractivity (Wildman–Crippen MR) is 197 cm³/mol. The molecule has 0 spiro atoms. The molecule has 9 rings (SSSR count). The molecular formula is C45H28N4. The second kappa shape index (κ2) is 11.1. The van der Waals surface area contributed by atoms with Gasteiger partial charge in [0.05, 0.1) is 51.1 Å². The van der Waals surface area contributed by atoms with Crippen LogP contribution in [0, 0.1) is 22.7 Å². The molecule has 0 bridgehead atoms. The molecule has 228 valence electrons. The van der Waals surface area contributed by atoms with Crippen LogP contribution in [0.4, 0.5) is 17.1 Å². The Kier molecular flexibility index (Phi) is 6.44. The lowest BCUT2D eigenvalue weighted by Gasteiger charge is -2.46. The van der Waals surface area contributed by atoms with Gasteiger partial charge in [0.15, 0.2) is 0 Å². The van der Waals surface area contributed by atoms with Gasteiger partial charge in [-0.1, -0.05) is 103 Å². The van der Waals surface area contributed by atoms with Crippen LogP contribution >= 0.6 is 0 Å². The predicted octanol–water partition coefficient (Wildman–Crippen LogP) is 10.7. The van der Waals surface area contributed by atoms with Crippen LogP contribution in [-0.4, -0.2) is 4.57 Å². The van der Waals surface area contributed by atoms with Gasteiger partial charge < -0.3 is 9.47 Å². The van der Waals surface area contributed by atoms with Gasteiger partial charge in [-0.2, -0.15) is 10.5 Å². The molecule has 0 fully saturated rings. The van der Waals surface area contributed by atoms with Crippen molar-refractivity contribution < 1.29 is 0 Å². The van der Waals surface area contributed by atoms with Gasteiger partial charge in [0, 0.05) is 22.1 Å². The normalized spacial score (nSPS) is 13.0. The Bertz CT molecular complexity index is 2590. The van der Waals surface area contributed by atoms with E-state index in [9.17, 15) is 10.5 Å². The molecular weight excluding hydrogens is 597 g/mol. The Balaban J connectivity index is 1.31. The Morgan fingerprint density at radius 1 is 0.429 bits per heavy atom. The van der Waals surface area contributed by atoms with E-state index in [1.54, 1.807) is 0 Å². The highest BCUT2D eigenvalue weighted by atomic mass is 15.2. The van der Waals surface area contributed by atoms with Crippen molar-refractivity contribution in [3.8, 4) is 17.8 Å². The minimum Gasteiger partial charge on any atom is -0.310 e. The number of rotatable bonds is 4. The third-order valence-corrected chi connectivity index (χ3v) is 9.90. The zero-order valence-electron chi connectivity index (χ0n) is 26.5. The molecule has 0 unspecified atom stereocenters. The van der Waals surface area contributed by atoms with Crippen LogP contribution in [0.15, 0.2) is 170 Å². The third kappa shape index (κ3) is 4.15. The van der Waals surface area contributed by atoms with E-state index in [1.807, 2.05) is 24.3 Å². The summed E-state index contributed by atoms with van der Waals surface area (Å²) in [5, 5.41) is 21.5. The Morgan fingerprint density at radius 2 is 1.00 bits per heavy atom. The molecule has 49 heavy (non-hydrogen) atoms. The summed E-state index contributed by atoms with van der Waals surface area (Å²) in [6, 6.07) is 63.8. The molecule has 0 radical (unpaired) electrons. The van der Waals surface area contributed by atoms with Crippen molar-refractivity contribution in [1.82, 2.24) is 4.57 Å². The summed E-state index contributed by atoms with van der Waals surface area (Å²) in [6.45, 7) is 0. The SMILES string of the molecule is N#Cc1ccc(C2(c3ccccc3)c3ccccc3N(c3cccc(-n4c5ccccc5c5cc(C#N)ccc54)c3)c3ccccc32)cc1. The number of anilines is 3. The Morgan fingerprint density at radius 3 is 1.71 bits per heavy atom. The van der Waals surface area contributed by atoms with Gasteiger partial charge in [-0.05, 0) is 89.0 Å². The number of nitriles is 2. The molecule has 0 amide bonds. The zero-order chi connectivity index (χ0) is 33.0. The van der Waals surface area contributed by atoms with E-state index in [0.29, 0.717) is 11.1 Å². The first-order chi connectivity index (χ1) is 24.2. The number of aromatic nitrogens is 1. The minimum absolute atomic E-state index is 0.623. The van der Waals surface area contributed by atoms with Gasteiger partial charge >= 0.3 is 0 Å². The summed E-state index contributed by atoms with van der Waals surface area (Å²) in [5.74, 6) is 0. The molecule has 8 aromatic rings. The molecule has 4 heteroatoms. The van der Waals surface area contributed by atoms with Crippen molar-refractivity contribution >= 4 is 38.9 Å². The van der Waals surface area contributed by atoms with E-state index in [-0.39, 0.29) is 0 Å². The van der Waals surface area contributed by atoms with E-state index in [2.05, 4.69) is 167 Å². The summed E-state index contributed by atoms with van der Waals surface area (Å²) in [4.78, 5) is 2.38. The van der Waals surface area contributed by atoms with Crippen LogP contribution < -0.4 is 4.90 Å². The smallest absolute Gasteiger partial charge is 0.0991 e. The molecule has 0 saturated heterocycles. The number of para-hydroxylation sites is 3. The van der Waals surface area contributed by atoms with Crippen LogP contribution in [0.2, 0.25) is 0 Å². The van der Waals surface area contributed by atoms with Gasteiger partial charge in [0.2, 0.25) is 0 Å². The largest absolute Gasteiger partial charge is 0.310 e. The molecule has 1 aromatic heterocycles. The van der Waals surface area contributed by atoms with Crippen LogP contribution in [0.1, 0.15) is 33.4 Å². The van der Waals surface area contributed by atoms with Crippen LogP contribution in [0.5, 0.6) is 0 Å². The zero-order valence-corrected chi connectivity index (χ0v) is 26.5. The maximum atomic E-state index is 9.66. The molecule has 1 aliphatic heterocycles. The van der Waals surface area contributed by atoms with Gasteiger partial charge in [-0.15, -0.1) is 0 Å². The first-order valence-electron chi connectivity index (χ1n) is 16.3. The highest BCUT2D eigenvalue weighted by Crippen LogP contribution is 2.57. The van der Waals surface area contributed by atoms with Crippen molar-refractivity contribution in [2.45, 2.75) is 5.41 Å². The van der Waals surface area contributed by atoms with E-state index >= 15 is 0 Å². The monoisotopic (exact) mass is 624 g/mol. The summed E-state index contributed by atoms with van der Waals surface area (Å²) in [6.07, 6.45) is 0. The number of fused-ring (bicyclic) bond motifs is 5. The maximum absolute atomic E-state index is 9.66. The molecule has 2 heterocycles. The second-order valence-electron chi connectivity index (χ2n) is 12.4. The fourth-order valence-corrected chi connectivity index (χ4v) is 7.89. The minimum atomic E-state index is -0.623. The number of nitrogens with zero attached hydrogens (tertiary/aromatic N) is 4. The lowest BCUT2D eigenvalue weighted by Crippen LogP contribution is -2.37. The molecule has 4 nitrogen and oxygen atoms in total. The lowest BCUT2D eigenvalue weighted by molar-refractivity contribution is 0.731. The third-order valence-electron chi connectivity index (χ3n) is 9.90. The fourth-order valence-electron chi connectivity index (χ4n) is 7.89. The van der Waals surface area contributed by atoms with E-state index in [0.717, 1.165) is 66.8 Å². The summed E-state index contributed by atoms with van der Waals surface area (Å²) in [5.41, 5.74) is 11.7. The maximum Gasteiger partial charge on any atom is 0.0991 e. The van der Waals surface area contributed by atoms with Crippen LogP contribution in [0.25, 0.3) is 27.5 Å². The highest BCUT2D eigenvalue weighted by Gasteiger charge is 2.46. The van der Waals surface area contributed by atoms with Crippen molar-refractivity contribution in [1.29, 1.82) is 10.5 Å². The lowest BCUT2D eigenvalue weighted by atomic mass is 9.62. The second-order valence-corrected chi connectivity index (χ2v) is 12.4. The first-order valence-corrected chi connectivity index (χ1v) is 16.3. The van der Waals surface area contributed by atoms with Crippen molar-refractivity contribution in [3.05, 3.63) is 203 Å². The topological polar surface area (TPSA) is 55.8 Å². The first kappa shape index (κ1) is 28.4. The molecule has 0 N–H and O–H groups in total. The fraction of sp³-hybridized carbons (Fsp3) is 0.0222. The average Bonchev–Trinajstić information content (AvgIpc) is 3.51. The van der Waals surface area contributed by atoms with Gasteiger partial charge in [-0.3, -0.25) is 0 Å². The van der Waals surface area contributed by atoms with Crippen LogP contribution in [0.3, 0.4) is 0 Å². The molecule has 1 aliphatic rings.